The molecule has 1 aliphatic heterocycles. The highest BCUT2D eigenvalue weighted by Crippen LogP contribution is 2.29. The van der Waals surface area contributed by atoms with E-state index in [0.29, 0.717) is 5.69 Å². The maximum atomic E-state index is 12.6. The van der Waals surface area contributed by atoms with E-state index in [0.717, 1.165) is 23.5 Å². The molecule has 9 heteroatoms. The molecule has 1 heterocycles. The minimum Gasteiger partial charge on any atom is -0.345 e. The van der Waals surface area contributed by atoms with Gasteiger partial charge in [-0.3, -0.25) is 4.72 Å². The Kier molecular flexibility index (Phi) is 3.84. The highest BCUT2D eigenvalue weighted by molar-refractivity contribution is 7.93. The third-order valence-corrected chi connectivity index (χ3v) is 6.08. The van der Waals surface area contributed by atoms with Crippen LogP contribution in [0.5, 0.6) is 0 Å². The van der Waals surface area contributed by atoms with E-state index < -0.39 is 20.0 Å². The fourth-order valence-electron chi connectivity index (χ4n) is 2.47. The first-order chi connectivity index (χ1) is 11.2. The third kappa shape index (κ3) is 3.13. The standard InChI is InChI=1S/C15H15N3O4S2/c1-10-5-11(2)7-12(6-10)18-23(19,20)13-3-4-14-15(8-13)24(21,22)17-9-16-14/h3-9,18H,1-2H3,(H,16,17). The van der Waals surface area contributed by atoms with Gasteiger partial charge in [0.1, 0.15) is 11.2 Å². The number of aryl methyl sites for hydroxylation is 2. The van der Waals surface area contributed by atoms with Gasteiger partial charge in [-0.05, 0) is 55.3 Å². The van der Waals surface area contributed by atoms with Gasteiger partial charge in [-0.25, -0.2) is 8.42 Å². The molecule has 0 aliphatic carbocycles. The molecule has 0 atom stereocenters. The van der Waals surface area contributed by atoms with Gasteiger partial charge in [-0.15, -0.1) is 4.40 Å². The predicted molar refractivity (Wildman–Crippen MR) is 92.5 cm³/mol. The molecule has 2 aromatic rings. The summed E-state index contributed by atoms with van der Waals surface area (Å²) >= 11 is 0. The number of benzene rings is 2. The zero-order valence-corrected chi connectivity index (χ0v) is 14.6. The number of nitrogens with one attached hydrogen (secondary N) is 2. The molecule has 0 bridgehead atoms. The Morgan fingerprint density at radius 3 is 2.38 bits per heavy atom. The SMILES string of the molecule is Cc1cc(C)cc(NS(=O)(=O)c2ccc3c(c2)S(=O)(=O)N=CN3)c1. The third-order valence-electron chi connectivity index (χ3n) is 3.43. The van der Waals surface area contributed by atoms with Crippen molar-refractivity contribution in [3.8, 4) is 0 Å². The average Bonchev–Trinajstić information content (AvgIpc) is 2.45. The Labute approximate surface area is 140 Å². The largest absolute Gasteiger partial charge is 0.345 e. The maximum absolute atomic E-state index is 12.6. The molecule has 3 rings (SSSR count). The number of nitrogens with zero attached hydrogens (tertiary/aromatic N) is 1. The van der Waals surface area contributed by atoms with Gasteiger partial charge in [0.05, 0.1) is 10.6 Å². The summed E-state index contributed by atoms with van der Waals surface area (Å²) in [5.41, 5.74) is 2.54. The molecule has 0 aromatic heterocycles. The Morgan fingerprint density at radius 2 is 1.71 bits per heavy atom. The Morgan fingerprint density at radius 1 is 1.04 bits per heavy atom. The fraction of sp³-hybridized carbons (Fsp3) is 0.133. The number of hydrogen-bond donors (Lipinski definition) is 2. The van der Waals surface area contributed by atoms with Gasteiger partial charge in [0, 0.05) is 5.69 Å². The lowest BCUT2D eigenvalue weighted by atomic mass is 10.1. The van der Waals surface area contributed by atoms with E-state index in [-0.39, 0.29) is 15.5 Å². The molecular weight excluding hydrogens is 350 g/mol. The van der Waals surface area contributed by atoms with Gasteiger partial charge in [0.15, 0.2) is 0 Å². The van der Waals surface area contributed by atoms with E-state index in [1.165, 1.54) is 12.1 Å². The molecular formula is C15H15N3O4S2. The van der Waals surface area contributed by atoms with Crippen LogP contribution < -0.4 is 10.0 Å². The number of rotatable bonds is 3. The van der Waals surface area contributed by atoms with Crippen LogP contribution in [0.4, 0.5) is 11.4 Å². The van der Waals surface area contributed by atoms with E-state index in [2.05, 4.69) is 14.4 Å². The molecule has 0 saturated carbocycles. The monoisotopic (exact) mass is 365 g/mol. The maximum Gasteiger partial charge on any atom is 0.285 e. The molecule has 2 N–H and O–H groups in total. The van der Waals surface area contributed by atoms with Crippen molar-refractivity contribution in [2.45, 2.75) is 23.6 Å². The normalized spacial score (nSPS) is 15.4. The van der Waals surface area contributed by atoms with Crippen molar-refractivity contribution >= 4 is 37.8 Å². The highest BCUT2D eigenvalue weighted by Gasteiger charge is 2.24. The lowest BCUT2D eigenvalue weighted by molar-refractivity contribution is 0.597. The fourth-order valence-corrected chi connectivity index (χ4v) is 4.60. The van der Waals surface area contributed by atoms with Crippen LogP contribution >= 0.6 is 0 Å². The summed E-state index contributed by atoms with van der Waals surface area (Å²) in [6, 6.07) is 9.16. The van der Waals surface area contributed by atoms with Crippen molar-refractivity contribution in [1.82, 2.24) is 0 Å². The van der Waals surface area contributed by atoms with Gasteiger partial charge in [0.2, 0.25) is 0 Å². The predicted octanol–water partition coefficient (Wildman–Crippen LogP) is 2.25. The van der Waals surface area contributed by atoms with Gasteiger partial charge in [-0.2, -0.15) is 8.42 Å². The highest BCUT2D eigenvalue weighted by atomic mass is 32.2. The second-order valence-electron chi connectivity index (χ2n) is 5.49. The van der Waals surface area contributed by atoms with Crippen LogP contribution in [-0.2, 0) is 20.0 Å². The second-order valence-corrected chi connectivity index (χ2v) is 8.78. The van der Waals surface area contributed by atoms with Gasteiger partial charge >= 0.3 is 0 Å². The molecule has 126 valence electrons. The van der Waals surface area contributed by atoms with Gasteiger partial charge in [-0.1, -0.05) is 6.07 Å². The molecule has 2 aromatic carbocycles. The van der Waals surface area contributed by atoms with E-state index in [1.54, 1.807) is 12.1 Å². The summed E-state index contributed by atoms with van der Waals surface area (Å²) in [6.45, 7) is 3.72. The Bertz CT molecular complexity index is 1040. The number of hydrogen-bond acceptors (Lipinski definition) is 5. The molecule has 7 nitrogen and oxygen atoms in total. The van der Waals surface area contributed by atoms with Crippen LogP contribution in [-0.4, -0.2) is 23.2 Å². The molecule has 0 radical (unpaired) electrons. The van der Waals surface area contributed by atoms with Crippen molar-refractivity contribution < 1.29 is 16.8 Å². The van der Waals surface area contributed by atoms with Crippen molar-refractivity contribution in [1.29, 1.82) is 0 Å². The minimum absolute atomic E-state index is 0.150. The lowest BCUT2D eigenvalue weighted by Crippen LogP contribution is -2.16. The summed E-state index contributed by atoms with van der Waals surface area (Å²) in [5.74, 6) is 0. The minimum atomic E-state index is -3.92. The zero-order valence-electron chi connectivity index (χ0n) is 12.9. The van der Waals surface area contributed by atoms with Crippen LogP contribution in [0.15, 0.2) is 50.6 Å². The molecule has 0 saturated heterocycles. The molecule has 0 unspecified atom stereocenters. The summed E-state index contributed by atoms with van der Waals surface area (Å²) in [4.78, 5) is -0.323. The van der Waals surface area contributed by atoms with E-state index in [4.69, 9.17) is 0 Å². The first kappa shape index (κ1) is 16.5. The second kappa shape index (κ2) is 5.60. The molecule has 24 heavy (non-hydrogen) atoms. The van der Waals surface area contributed by atoms with Crippen LogP contribution in [0.2, 0.25) is 0 Å². The van der Waals surface area contributed by atoms with Crippen molar-refractivity contribution in [2.75, 3.05) is 10.0 Å². The van der Waals surface area contributed by atoms with Crippen molar-refractivity contribution in [3.63, 3.8) is 0 Å². The zero-order chi connectivity index (χ0) is 17.5. The van der Waals surface area contributed by atoms with E-state index in [9.17, 15) is 16.8 Å². The number of sulfonamides is 2. The molecule has 0 fully saturated rings. The molecule has 0 spiro atoms. The summed E-state index contributed by atoms with van der Waals surface area (Å²) in [7, 11) is -7.82. The van der Waals surface area contributed by atoms with E-state index in [1.807, 2.05) is 19.9 Å². The van der Waals surface area contributed by atoms with Crippen molar-refractivity contribution in [2.24, 2.45) is 4.40 Å². The molecule has 1 aliphatic rings. The van der Waals surface area contributed by atoms with E-state index >= 15 is 0 Å². The lowest BCUT2D eigenvalue weighted by Gasteiger charge is -2.14. The first-order valence-corrected chi connectivity index (χ1v) is 9.90. The van der Waals surface area contributed by atoms with Crippen LogP contribution in [0.25, 0.3) is 0 Å². The first-order valence-electron chi connectivity index (χ1n) is 6.98. The smallest absolute Gasteiger partial charge is 0.285 e. The number of anilines is 2. The Balaban J connectivity index is 2.02. The van der Waals surface area contributed by atoms with Crippen molar-refractivity contribution in [3.05, 3.63) is 47.5 Å². The topological polar surface area (TPSA) is 105 Å². The van der Waals surface area contributed by atoms with Gasteiger partial charge < -0.3 is 5.32 Å². The average molecular weight is 365 g/mol. The van der Waals surface area contributed by atoms with Crippen LogP contribution in [0.3, 0.4) is 0 Å². The van der Waals surface area contributed by atoms with Crippen LogP contribution in [0.1, 0.15) is 11.1 Å². The quantitative estimate of drug-likeness (QED) is 0.868. The number of fused-ring (bicyclic) bond motifs is 1. The molecule has 0 amide bonds. The van der Waals surface area contributed by atoms with Gasteiger partial charge in [0.25, 0.3) is 20.0 Å². The Hall–Kier alpha value is -2.39. The summed E-state index contributed by atoms with van der Waals surface area (Å²) in [5, 5.41) is 2.68. The summed E-state index contributed by atoms with van der Waals surface area (Å²) in [6.07, 6.45) is 1.06. The summed E-state index contributed by atoms with van der Waals surface area (Å²) < 4.78 is 54.8. The van der Waals surface area contributed by atoms with Crippen LogP contribution in [0, 0.1) is 13.8 Å².